The predicted molar refractivity (Wildman–Crippen MR) is 47.8 cm³/mol. The summed E-state index contributed by atoms with van der Waals surface area (Å²) in [6.07, 6.45) is 0. The van der Waals surface area contributed by atoms with Crippen LogP contribution in [-0.2, 0) is 5.60 Å². The lowest BCUT2D eigenvalue weighted by Crippen LogP contribution is -2.15. The molecule has 0 fully saturated rings. The lowest BCUT2D eigenvalue weighted by molar-refractivity contribution is 0.0780. The Balaban J connectivity index is 2.52. The van der Waals surface area contributed by atoms with E-state index in [9.17, 15) is 9.50 Å². The molecular weight excluding hydrogens is 187 g/mol. The van der Waals surface area contributed by atoms with Crippen LogP contribution in [0.2, 0.25) is 0 Å². The van der Waals surface area contributed by atoms with Crippen molar-refractivity contribution in [3.8, 4) is 11.5 Å². The normalized spacial score (nSPS) is 14.6. The van der Waals surface area contributed by atoms with Crippen LogP contribution < -0.4 is 9.47 Å². The molecule has 1 aromatic carbocycles. The Morgan fingerprint density at radius 1 is 1.36 bits per heavy atom. The summed E-state index contributed by atoms with van der Waals surface area (Å²) in [5, 5.41) is 9.68. The van der Waals surface area contributed by atoms with Crippen LogP contribution >= 0.6 is 0 Å². The Morgan fingerprint density at radius 3 is 2.71 bits per heavy atom. The number of hydrogen-bond acceptors (Lipinski definition) is 3. The van der Waals surface area contributed by atoms with Gasteiger partial charge in [-0.3, -0.25) is 0 Å². The molecule has 1 aliphatic heterocycles. The van der Waals surface area contributed by atoms with Gasteiger partial charge < -0.3 is 14.6 Å². The van der Waals surface area contributed by atoms with E-state index in [1.807, 2.05) is 0 Å². The van der Waals surface area contributed by atoms with Crippen LogP contribution in [0.25, 0.3) is 0 Å². The summed E-state index contributed by atoms with van der Waals surface area (Å²) >= 11 is 0. The average Bonchev–Trinajstić information content (AvgIpc) is 2.50. The van der Waals surface area contributed by atoms with Gasteiger partial charge >= 0.3 is 0 Å². The van der Waals surface area contributed by atoms with E-state index in [0.717, 1.165) is 0 Å². The van der Waals surface area contributed by atoms with Crippen molar-refractivity contribution in [3.05, 3.63) is 23.5 Å². The largest absolute Gasteiger partial charge is 0.453 e. The van der Waals surface area contributed by atoms with Crippen LogP contribution in [0.3, 0.4) is 0 Å². The molecule has 0 spiro atoms. The highest BCUT2D eigenvalue weighted by molar-refractivity contribution is 5.46. The standard InChI is InChI=1S/C10H11FO3/c1-10(2,12)6-3-7(11)9-8(4-6)13-5-14-9/h3-4,12H,5H2,1-2H3. The van der Waals surface area contributed by atoms with Crippen molar-refractivity contribution >= 4 is 0 Å². The van der Waals surface area contributed by atoms with Gasteiger partial charge in [0.2, 0.25) is 12.5 Å². The Labute approximate surface area is 81.1 Å². The molecule has 0 saturated heterocycles. The molecule has 1 N–H and O–H groups in total. The maximum Gasteiger partial charge on any atom is 0.231 e. The summed E-state index contributed by atoms with van der Waals surface area (Å²) in [6.45, 7) is 3.20. The zero-order chi connectivity index (χ0) is 10.3. The Hall–Kier alpha value is -1.29. The molecule has 0 aromatic heterocycles. The van der Waals surface area contributed by atoms with Gasteiger partial charge in [-0.05, 0) is 31.5 Å². The summed E-state index contributed by atoms with van der Waals surface area (Å²) in [4.78, 5) is 0. The summed E-state index contributed by atoms with van der Waals surface area (Å²) in [5.41, 5.74) is -0.610. The van der Waals surface area contributed by atoms with Gasteiger partial charge in [0.05, 0.1) is 5.60 Å². The van der Waals surface area contributed by atoms with Gasteiger partial charge in [0.1, 0.15) is 0 Å². The molecular formula is C10H11FO3. The van der Waals surface area contributed by atoms with Gasteiger partial charge in [-0.15, -0.1) is 0 Å². The second-order valence-electron chi connectivity index (χ2n) is 3.75. The number of benzene rings is 1. The molecule has 0 aliphatic carbocycles. The Kier molecular flexibility index (Phi) is 1.89. The topological polar surface area (TPSA) is 38.7 Å². The summed E-state index contributed by atoms with van der Waals surface area (Å²) in [5.74, 6) is -0.0303. The van der Waals surface area contributed by atoms with Crippen LogP contribution in [0, 0.1) is 5.82 Å². The molecule has 0 atom stereocenters. The van der Waals surface area contributed by atoms with E-state index in [2.05, 4.69) is 0 Å². The fourth-order valence-electron chi connectivity index (χ4n) is 1.32. The number of rotatable bonds is 1. The minimum Gasteiger partial charge on any atom is -0.453 e. The molecule has 76 valence electrons. The molecule has 4 heteroatoms. The molecule has 0 unspecified atom stereocenters. The highest BCUT2D eigenvalue weighted by Crippen LogP contribution is 2.38. The van der Waals surface area contributed by atoms with Crippen molar-refractivity contribution in [2.45, 2.75) is 19.4 Å². The van der Waals surface area contributed by atoms with E-state index in [1.165, 1.54) is 6.07 Å². The van der Waals surface area contributed by atoms with E-state index in [-0.39, 0.29) is 12.5 Å². The van der Waals surface area contributed by atoms with E-state index in [1.54, 1.807) is 19.9 Å². The predicted octanol–water partition coefficient (Wildman–Crippen LogP) is 1.78. The second-order valence-corrected chi connectivity index (χ2v) is 3.75. The van der Waals surface area contributed by atoms with E-state index in [4.69, 9.17) is 9.47 Å². The van der Waals surface area contributed by atoms with Crippen molar-refractivity contribution in [3.63, 3.8) is 0 Å². The van der Waals surface area contributed by atoms with Crippen molar-refractivity contribution in [2.24, 2.45) is 0 Å². The lowest BCUT2D eigenvalue weighted by atomic mass is 9.98. The maximum absolute atomic E-state index is 13.4. The van der Waals surface area contributed by atoms with E-state index >= 15 is 0 Å². The third kappa shape index (κ3) is 1.42. The van der Waals surface area contributed by atoms with Crippen molar-refractivity contribution in [1.82, 2.24) is 0 Å². The first-order chi connectivity index (χ1) is 6.48. The Morgan fingerprint density at radius 2 is 2.07 bits per heavy atom. The van der Waals surface area contributed by atoms with Crippen LogP contribution in [0.15, 0.2) is 12.1 Å². The second kappa shape index (κ2) is 2.85. The quantitative estimate of drug-likeness (QED) is 0.747. The first-order valence-corrected chi connectivity index (χ1v) is 4.30. The van der Waals surface area contributed by atoms with Crippen LogP contribution in [-0.4, -0.2) is 11.9 Å². The number of aliphatic hydroxyl groups is 1. The lowest BCUT2D eigenvalue weighted by Gasteiger charge is -2.18. The number of ether oxygens (including phenoxy) is 2. The monoisotopic (exact) mass is 198 g/mol. The maximum atomic E-state index is 13.4. The van der Waals surface area contributed by atoms with Crippen LogP contribution in [0.1, 0.15) is 19.4 Å². The SMILES string of the molecule is CC(C)(O)c1cc(F)c2c(c1)OCO2. The zero-order valence-corrected chi connectivity index (χ0v) is 8.00. The fraction of sp³-hybridized carbons (Fsp3) is 0.400. The first kappa shape index (κ1) is 9.27. The minimum atomic E-state index is -1.08. The smallest absolute Gasteiger partial charge is 0.231 e. The minimum absolute atomic E-state index is 0.0293. The van der Waals surface area contributed by atoms with Crippen molar-refractivity contribution in [1.29, 1.82) is 0 Å². The van der Waals surface area contributed by atoms with E-state index in [0.29, 0.717) is 11.3 Å². The molecule has 1 aromatic rings. The van der Waals surface area contributed by atoms with Crippen molar-refractivity contribution in [2.75, 3.05) is 6.79 Å². The molecule has 3 nitrogen and oxygen atoms in total. The third-order valence-electron chi connectivity index (χ3n) is 2.13. The molecule has 2 rings (SSSR count). The van der Waals surface area contributed by atoms with Crippen LogP contribution in [0.5, 0.6) is 11.5 Å². The van der Waals surface area contributed by atoms with Gasteiger partial charge in [0.15, 0.2) is 11.6 Å². The zero-order valence-electron chi connectivity index (χ0n) is 8.00. The average molecular weight is 198 g/mol. The van der Waals surface area contributed by atoms with Gasteiger partial charge in [-0.25, -0.2) is 4.39 Å². The highest BCUT2D eigenvalue weighted by atomic mass is 19.1. The van der Waals surface area contributed by atoms with Gasteiger partial charge in [0.25, 0.3) is 0 Å². The molecule has 1 heterocycles. The molecule has 0 saturated carbocycles. The molecule has 14 heavy (non-hydrogen) atoms. The summed E-state index contributed by atoms with van der Waals surface area (Å²) < 4.78 is 23.3. The van der Waals surface area contributed by atoms with Crippen molar-refractivity contribution < 1.29 is 19.0 Å². The fourth-order valence-corrected chi connectivity index (χ4v) is 1.32. The van der Waals surface area contributed by atoms with Crippen LogP contribution in [0.4, 0.5) is 4.39 Å². The highest BCUT2D eigenvalue weighted by Gasteiger charge is 2.24. The first-order valence-electron chi connectivity index (χ1n) is 4.30. The molecule has 0 bridgehead atoms. The summed E-state index contributed by atoms with van der Waals surface area (Å²) in [7, 11) is 0. The molecule has 0 amide bonds. The number of hydrogen-bond donors (Lipinski definition) is 1. The summed E-state index contributed by atoms with van der Waals surface area (Å²) in [6, 6.07) is 2.85. The van der Waals surface area contributed by atoms with E-state index < -0.39 is 11.4 Å². The number of fused-ring (bicyclic) bond motifs is 1. The molecule has 1 aliphatic rings. The third-order valence-corrected chi connectivity index (χ3v) is 2.13. The van der Waals surface area contributed by atoms with Gasteiger partial charge in [0, 0.05) is 0 Å². The Bertz CT molecular complexity index is 368. The number of halogens is 1. The van der Waals surface area contributed by atoms with Gasteiger partial charge in [-0.2, -0.15) is 0 Å². The van der Waals surface area contributed by atoms with Gasteiger partial charge in [-0.1, -0.05) is 0 Å². The molecule has 0 radical (unpaired) electrons.